The fourth-order valence-electron chi connectivity index (χ4n) is 1.35. The van der Waals surface area contributed by atoms with Crippen LogP contribution < -0.4 is 10.6 Å². The van der Waals surface area contributed by atoms with Crippen molar-refractivity contribution in [2.45, 2.75) is 6.04 Å². The number of ether oxygens (including phenoxy) is 1. The lowest BCUT2D eigenvalue weighted by molar-refractivity contribution is -0.116. The lowest BCUT2D eigenvalue weighted by atomic mass is 10.2. The topological polar surface area (TPSA) is 50.4 Å². The summed E-state index contributed by atoms with van der Waals surface area (Å²) in [5.41, 5.74) is 0.640. The summed E-state index contributed by atoms with van der Waals surface area (Å²) in [6, 6.07) is 7.46. The number of rotatable bonds is 4. The van der Waals surface area contributed by atoms with Crippen LogP contribution in [0.25, 0.3) is 0 Å². The lowest BCUT2D eigenvalue weighted by Crippen LogP contribution is -2.48. The third kappa shape index (κ3) is 2.95. The molecule has 5 heteroatoms. The molecule has 16 heavy (non-hydrogen) atoms. The zero-order valence-electron chi connectivity index (χ0n) is 8.70. The van der Waals surface area contributed by atoms with Crippen LogP contribution in [0.1, 0.15) is 0 Å². The number of amides is 1. The second-order valence-corrected chi connectivity index (χ2v) is 4.05. The third-order valence-electron chi connectivity index (χ3n) is 2.34. The van der Waals surface area contributed by atoms with Gasteiger partial charge in [-0.1, -0.05) is 23.7 Å². The van der Waals surface area contributed by atoms with Crippen molar-refractivity contribution in [3.8, 4) is 0 Å². The Hall–Kier alpha value is -1.10. The van der Waals surface area contributed by atoms with Crippen LogP contribution in [0.5, 0.6) is 0 Å². The summed E-state index contributed by atoms with van der Waals surface area (Å²) in [5.74, 6) is -0.0972. The van der Waals surface area contributed by atoms with Crippen molar-refractivity contribution in [1.82, 2.24) is 5.32 Å². The minimum Gasteiger partial charge on any atom is -0.378 e. The van der Waals surface area contributed by atoms with E-state index in [1.807, 2.05) is 12.1 Å². The molecule has 2 N–H and O–H groups in total. The Bertz CT molecular complexity index is 380. The first-order valence-electron chi connectivity index (χ1n) is 5.11. The number of hydrogen-bond donors (Lipinski definition) is 2. The van der Waals surface area contributed by atoms with Gasteiger partial charge in [0.1, 0.15) is 0 Å². The monoisotopic (exact) mass is 240 g/mol. The molecule has 1 saturated heterocycles. The minimum atomic E-state index is -0.0972. The molecule has 1 heterocycles. The quantitative estimate of drug-likeness (QED) is 0.833. The van der Waals surface area contributed by atoms with E-state index in [2.05, 4.69) is 10.6 Å². The van der Waals surface area contributed by atoms with Crippen molar-refractivity contribution in [3.63, 3.8) is 0 Å². The standard InChI is InChI=1S/C11H13ClN2O2/c12-9-3-1-2-4-10(9)14-11(15)5-13-8-6-16-7-8/h1-4,8,13H,5-7H2,(H,14,15). The summed E-state index contributed by atoms with van der Waals surface area (Å²) >= 11 is 5.91. The molecule has 4 nitrogen and oxygen atoms in total. The number of hydrogen-bond acceptors (Lipinski definition) is 3. The molecule has 0 aromatic heterocycles. The molecule has 1 aromatic carbocycles. The molecule has 1 aromatic rings. The summed E-state index contributed by atoms with van der Waals surface area (Å²) in [5, 5.41) is 6.36. The summed E-state index contributed by atoms with van der Waals surface area (Å²) in [6.07, 6.45) is 0. The average Bonchev–Trinajstić information content (AvgIpc) is 2.19. The van der Waals surface area contributed by atoms with Gasteiger partial charge < -0.3 is 15.4 Å². The maximum Gasteiger partial charge on any atom is 0.238 e. The van der Waals surface area contributed by atoms with Crippen molar-refractivity contribution in [1.29, 1.82) is 0 Å². The van der Waals surface area contributed by atoms with Crippen LogP contribution >= 0.6 is 11.6 Å². The summed E-state index contributed by atoms with van der Waals surface area (Å²) in [6.45, 7) is 1.64. The van der Waals surface area contributed by atoms with Crippen LogP contribution in [0, 0.1) is 0 Å². The highest BCUT2D eigenvalue weighted by molar-refractivity contribution is 6.33. The van der Waals surface area contributed by atoms with Crippen LogP contribution in [-0.2, 0) is 9.53 Å². The highest BCUT2D eigenvalue weighted by Crippen LogP contribution is 2.19. The van der Waals surface area contributed by atoms with E-state index in [1.54, 1.807) is 12.1 Å². The maximum absolute atomic E-state index is 11.5. The van der Waals surface area contributed by atoms with Crippen LogP contribution in [0.3, 0.4) is 0 Å². The highest BCUT2D eigenvalue weighted by Gasteiger charge is 2.18. The summed E-state index contributed by atoms with van der Waals surface area (Å²) < 4.78 is 4.99. The molecule has 1 amide bonds. The molecule has 1 aliphatic rings. The molecule has 0 bridgehead atoms. The number of para-hydroxylation sites is 1. The molecular weight excluding hydrogens is 228 g/mol. The van der Waals surface area contributed by atoms with Gasteiger partial charge >= 0.3 is 0 Å². The van der Waals surface area contributed by atoms with Gasteiger partial charge in [-0.05, 0) is 12.1 Å². The second-order valence-electron chi connectivity index (χ2n) is 3.64. The normalized spacial score (nSPS) is 15.6. The van der Waals surface area contributed by atoms with Crippen molar-refractivity contribution < 1.29 is 9.53 Å². The van der Waals surface area contributed by atoms with Crippen LogP contribution in [0.4, 0.5) is 5.69 Å². The van der Waals surface area contributed by atoms with Crippen LogP contribution in [-0.4, -0.2) is 31.7 Å². The highest BCUT2D eigenvalue weighted by atomic mass is 35.5. The van der Waals surface area contributed by atoms with E-state index in [9.17, 15) is 4.79 Å². The van der Waals surface area contributed by atoms with E-state index in [0.29, 0.717) is 30.0 Å². The van der Waals surface area contributed by atoms with Crippen molar-refractivity contribution >= 4 is 23.2 Å². The first kappa shape index (κ1) is 11.4. The van der Waals surface area contributed by atoms with Gasteiger partial charge in [0.15, 0.2) is 0 Å². The number of benzene rings is 1. The number of carbonyl (C=O) groups excluding carboxylic acids is 1. The Morgan fingerprint density at radius 1 is 1.44 bits per heavy atom. The van der Waals surface area contributed by atoms with Crippen molar-refractivity contribution in [2.75, 3.05) is 25.1 Å². The van der Waals surface area contributed by atoms with E-state index in [0.717, 1.165) is 0 Å². The Balaban J connectivity index is 1.80. The van der Waals surface area contributed by atoms with Crippen LogP contribution in [0.2, 0.25) is 5.02 Å². The number of anilines is 1. The zero-order valence-corrected chi connectivity index (χ0v) is 9.46. The van der Waals surface area contributed by atoms with E-state index in [4.69, 9.17) is 16.3 Å². The van der Waals surface area contributed by atoms with E-state index in [-0.39, 0.29) is 12.5 Å². The van der Waals surface area contributed by atoms with Gasteiger partial charge in [-0.25, -0.2) is 0 Å². The first-order chi connectivity index (χ1) is 7.75. The predicted octanol–water partition coefficient (Wildman–Crippen LogP) is 1.27. The molecule has 0 spiro atoms. The fourth-order valence-corrected chi connectivity index (χ4v) is 1.53. The third-order valence-corrected chi connectivity index (χ3v) is 2.67. The molecule has 0 aliphatic carbocycles. The number of halogens is 1. The largest absolute Gasteiger partial charge is 0.378 e. The Morgan fingerprint density at radius 3 is 2.81 bits per heavy atom. The zero-order chi connectivity index (χ0) is 11.4. The summed E-state index contributed by atoms with van der Waals surface area (Å²) in [4.78, 5) is 11.5. The van der Waals surface area contributed by atoms with Gasteiger partial charge in [-0.15, -0.1) is 0 Å². The van der Waals surface area contributed by atoms with Gasteiger partial charge in [-0.2, -0.15) is 0 Å². The minimum absolute atomic E-state index is 0.0972. The van der Waals surface area contributed by atoms with Crippen molar-refractivity contribution in [2.24, 2.45) is 0 Å². The maximum atomic E-state index is 11.5. The second kappa shape index (κ2) is 5.30. The van der Waals surface area contributed by atoms with Gasteiger partial charge in [0.05, 0.1) is 36.5 Å². The van der Waals surface area contributed by atoms with E-state index in [1.165, 1.54) is 0 Å². The number of nitrogens with one attached hydrogen (secondary N) is 2. The molecule has 2 rings (SSSR count). The van der Waals surface area contributed by atoms with Crippen molar-refractivity contribution in [3.05, 3.63) is 29.3 Å². The van der Waals surface area contributed by atoms with Gasteiger partial charge in [0, 0.05) is 0 Å². The Labute approximate surface area is 98.9 Å². The first-order valence-corrected chi connectivity index (χ1v) is 5.49. The lowest BCUT2D eigenvalue weighted by Gasteiger charge is -2.26. The van der Waals surface area contributed by atoms with E-state index < -0.39 is 0 Å². The van der Waals surface area contributed by atoms with E-state index >= 15 is 0 Å². The SMILES string of the molecule is O=C(CNC1COC1)Nc1ccccc1Cl. The Morgan fingerprint density at radius 2 is 2.19 bits per heavy atom. The fraction of sp³-hybridized carbons (Fsp3) is 0.364. The smallest absolute Gasteiger partial charge is 0.238 e. The van der Waals surface area contributed by atoms with Crippen LogP contribution in [0.15, 0.2) is 24.3 Å². The molecular formula is C11H13ClN2O2. The van der Waals surface area contributed by atoms with Gasteiger partial charge in [0.25, 0.3) is 0 Å². The molecule has 1 fully saturated rings. The molecule has 86 valence electrons. The predicted molar refractivity (Wildman–Crippen MR) is 62.7 cm³/mol. The molecule has 0 saturated carbocycles. The molecule has 0 radical (unpaired) electrons. The van der Waals surface area contributed by atoms with Gasteiger partial charge in [0.2, 0.25) is 5.91 Å². The molecule has 1 aliphatic heterocycles. The van der Waals surface area contributed by atoms with Gasteiger partial charge in [-0.3, -0.25) is 4.79 Å². The number of carbonyl (C=O) groups is 1. The molecule has 0 atom stereocenters. The average molecular weight is 241 g/mol. The molecule has 0 unspecified atom stereocenters. The summed E-state index contributed by atoms with van der Waals surface area (Å²) in [7, 11) is 0. The Kier molecular flexibility index (Phi) is 3.77.